The average Bonchev–Trinajstić information content (AvgIpc) is 3.34. The Bertz CT molecular complexity index is 1210. The second kappa shape index (κ2) is 8.75. The van der Waals surface area contributed by atoms with E-state index in [-0.39, 0.29) is 5.82 Å². The van der Waals surface area contributed by atoms with Crippen LogP contribution in [0, 0.1) is 12.7 Å². The van der Waals surface area contributed by atoms with Crippen LogP contribution in [-0.4, -0.2) is 46.7 Å². The summed E-state index contributed by atoms with van der Waals surface area (Å²) in [6, 6.07) is 5.25. The summed E-state index contributed by atoms with van der Waals surface area (Å²) in [5, 5.41) is 9.54. The third kappa shape index (κ3) is 4.47. The molecule has 4 amide bonds. The lowest BCUT2D eigenvalue weighted by Gasteiger charge is -2.45. The summed E-state index contributed by atoms with van der Waals surface area (Å²) >= 11 is 0. The van der Waals surface area contributed by atoms with Crippen LogP contribution in [0.1, 0.15) is 40.9 Å². The number of hydrogen-bond donors (Lipinski definition) is 4. The zero-order chi connectivity index (χ0) is 25.5. The van der Waals surface area contributed by atoms with Gasteiger partial charge < -0.3 is 25.8 Å². The fourth-order valence-corrected chi connectivity index (χ4v) is 4.72. The van der Waals surface area contributed by atoms with E-state index in [9.17, 15) is 32.3 Å². The first kappa shape index (κ1) is 24.3. The zero-order valence-corrected chi connectivity index (χ0v) is 19.1. The normalized spacial score (nSPS) is 17.1. The van der Waals surface area contributed by atoms with Gasteiger partial charge in [-0.25, -0.2) is 13.2 Å². The average molecular weight is 491 g/mol. The molecule has 35 heavy (non-hydrogen) atoms. The molecule has 0 saturated heterocycles. The Morgan fingerprint density at radius 3 is 2.26 bits per heavy atom. The summed E-state index contributed by atoms with van der Waals surface area (Å²) in [6.45, 7) is 2.10. The van der Waals surface area contributed by atoms with Crippen molar-refractivity contribution in [3.05, 3.63) is 46.9 Å². The molecule has 4 N–H and O–H groups in total. The number of nitrogens with one attached hydrogen (secondary N) is 4. The molecule has 4 rings (SSSR count). The smallest absolute Gasteiger partial charge is 0.314 e. The van der Waals surface area contributed by atoms with Gasteiger partial charge in [-0.3, -0.25) is 19.2 Å². The van der Waals surface area contributed by atoms with Crippen LogP contribution in [0.5, 0.6) is 0 Å². The Balaban J connectivity index is 1.53. The number of nitrogens with zero attached hydrogens (tertiary/aromatic N) is 1. The van der Waals surface area contributed by atoms with Crippen LogP contribution in [0.3, 0.4) is 0 Å². The van der Waals surface area contributed by atoms with Gasteiger partial charge in [0, 0.05) is 43.4 Å². The summed E-state index contributed by atoms with van der Waals surface area (Å²) in [4.78, 5) is 50.3. The molecule has 0 atom stereocenters. The van der Waals surface area contributed by atoms with E-state index in [1.807, 2.05) is 0 Å². The fourth-order valence-electron chi connectivity index (χ4n) is 4.72. The molecule has 1 saturated carbocycles. The van der Waals surface area contributed by atoms with Crippen LogP contribution in [0.2, 0.25) is 0 Å². The predicted octanol–water partition coefficient (Wildman–Crippen LogP) is 2.10. The van der Waals surface area contributed by atoms with E-state index < -0.39 is 53.7 Å². The van der Waals surface area contributed by atoms with Gasteiger partial charge in [-0.05, 0) is 44.0 Å². The molecule has 1 aromatic heterocycles. The lowest BCUT2D eigenvalue weighted by atomic mass is 9.72. The number of halogens is 3. The first-order chi connectivity index (χ1) is 16.5. The minimum atomic E-state index is -3.12. The third-order valence-corrected chi connectivity index (χ3v) is 6.31. The second-order valence-electron chi connectivity index (χ2n) is 8.79. The number of anilines is 2. The van der Waals surface area contributed by atoms with Gasteiger partial charge in [0.1, 0.15) is 17.2 Å². The molecule has 12 heteroatoms. The highest BCUT2D eigenvalue weighted by Gasteiger charge is 2.61. The molecule has 2 aromatic rings. The molecule has 9 nitrogen and oxygen atoms in total. The standard InChI is InChI=1S/C23H24F3N5O4/c1-12-16(18(32)28-14-7-5-13(24)6-8-14)15-4-3-9-31(15)17(12)29-19(33)20(34)30-22(21(35)27-2)10-23(25,26)11-22/h5-8H,3-4,9-11H2,1-2H3,(H,27,35)(H,28,32)(H,29,33)(H,30,34). The summed E-state index contributed by atoms with van der Waals surface area (Å²) in [5.74, 6) is -7.00. The largest absolute Gasteiger partial charge is 0.357 e. The summed E-state index contributed by atoms with van der Waals surface area (Å²) < 4.78 is 41.9. The second-order valence-corrected chi connectivity index (χ2v) is 8.79. The molecule has 2 heterocycles. The van der Waals surface area contributed by atoms with Crippen LogP contribution in [0.25, 0.3) is 0 Å². The molecule has 0 spiro atoms. The molecule has 1 aliphatic carbocycles. The van der Waals surface area contributed by atoms with Gasteiger partial charge in [0.05, 0.1) is 5.56 Å². The monoisotopic (exact) mass is 491 g/mol. The molecule has 2 aliphatic rings. The van der Waals surface area contributed by atoms with Gasteiger partial charge in [0.2, 0.25) is 5.91 Å². The van der Waals surface area contributed by atoms with Crippen LogP contribution >= 0.6 is 0 Å². The molecule has 0 unspecified atom stereocenters. The SMILES string of the molecule is CNC(=O)C1(NC(=O)C(=O)Nc2c(C)c(C(=O)Nc3ccc(F)cc3)c3n2CCC3)CC(F)(F)C1. The lowest BCUT2D eigenvalue weighted by molar-refractivity contribution is -0.166. The highest BCUT2D eigenvalue weighted by atomic mass is 19.3. The Morgan fingerprint density at radius 2 is 1.66 bits per heavy atom. The number of carbonyl (C=O) groups is 4. The number of rotatable bonds is 5. The number of amides is 4. The molecule has 186 valence electrons. The van der Waals surface area contributed by atoms with E-state index in [1.54, 1.807) is 11.5 Å². The maximum absolute atomic E-state index is 13.5. The van der Waals surface area contributed by atoms with Crippen molar-refractivity contribution in [3.63, 3.8) is 0 Å². The number of likely N-dealkylation sites (N-methyl/N-ethyl adjacent to an activating group) is 1. The van der Waals surface area contributed by atoms with E-state index >= 15 is 0 Å². The highest BCUT2D eigenvalue weighted by Crippen LogP contribution is 2.45. The lowest BCUT2D eigenvalue weighted by Crippen LogP contribution is -2.70. The number of alkyl halides is 2. The first-order valence-corrected chi connectivity index (χ1v) is 11.0. The number of benzene rings is 1. The highest BCUT2D eigenvalue weighted by molar-refractivity contribution is 6.40. The van der Waals surface area contributed by atoms with Crippen molar-refractivity contribution in [1.29, 1.82) is 0 Å². The summed E-state index contributed by atoms with van der Waals surface area (Å²) in [7, 11) is 1.25. The molecule has 1 aliphatic heterocycles. The molecule has 0 radical (unpaired) electrons. The first-order valence-electron chi connectivity index (χ1n) is 11.0. The Hall–Kier alpha value is -3.83. The quantitative estimate of drug-likeness (QED) is 0.479. The van der Waals surface area contributed by atoms with E-state index in [0.29, 0.717) is 41.9 Å². The van der Waals surface area contributed by atoms with Crippen molar-refractivity contribution in [2.75, 3.05) is 17.7 Å². The Kier molecular flexibility index (Phi) is 6.07. The van der Waals surface area contributed by atoms with Gasteiger partial charge in [-0.15, -0.1) is 0 Å². The van der Waals surface area contributed by atoms with Gasteiger partial charge in [0.15, 0.2) is 0 Å². The van der Waals surface area contributed by atoms with Crippen LogP contribution in [-0.2, 0) is 27.3 Å². The van der Waals surface area contributed by atoms with Crippen molar-refractivity contribution >= 4 is 35.1 Å². The molecule has 0 bridgehead atoms. The van der Waals surface area contributed by atoms with Crippen LogP contribution in [0.4, 0.5) is 24.7 Å². The van der Waals surface area contributed by atoms with Crippen molar-refractivity contribution in [3.8, 4) is 0 Å². The van der Waals surface area contributed by atoms with Gasteiger partial charge in [0.25, 0.3) is 11.8 Å². The minimum Gasteiger partial charge on any atom is -0.357 e. The third-order valence-electron chi connectivity index (χ3n) is 6.31. The van der Waals surface area contributed by atoms with Crippen molar-refractivity contribution in [1.82, 2.24) is 15.2 Å². The minimum absolute atomic E-state index is 0.231. The fraction of sp³-hybridized carbons (Fsp3) is 0.391. The van der Waals surface area contributed by atoms with Gasteiger partial charge >= 0.3 is 11.8 Å². The molecule has 1 fully saturated rings. The van der Waals surface area contributed by atoms with Gasteiger partial charge in [-0.2, -0.15) is 0 Å². The van der Waals surface area contributed by atoms with Crippen molar-refractivity contribution in [2.24, 2.45) is 0 Å². The number of carbonyl (C=O) groups excluding carboxylic acids is 4. The number of hydrogen-bond acceptors (Lipinski definition) is 4. The van der Waals surface area contributed by atoms with Crippen molar-refractivity contribution < 1.29 is 32.3 Å². The summed E-state index contributed by atoms with van der Waals surface area (Å²) in [6.07, 6.45) is -0.557. The zero-order valence-electron chi connectivity index (χ0n) is 19.1. The van der Waals surface area contributed by atoms with Gasteiger partial charge in [-0.1, -0.05) is 0 Å². The summed E-state index contributed by atoms with van der Waals surface area (Å²) in [5.41, 5.74) is -0.0864. The Labute approximate surface area is 198 Å². The maximum atomic E-state index is 13.5. The molecular weight excluding hydrogens is 467 g/mol. The van der Waals surface area contributed by atoms with E-state index in [2.05, 4.69) is 21.3 Å². The molecule has 1 aromatic carbocycles. The van der Waals surface area contributed by atoms with Crippen LogP contribution < -0.4 is 21.3 Å². The maximum Gasteiger partial charge on any atom is 0.314 e. The Morgan fingerprint density at radius 1 is 1.00 bits per heavy atom. The number of aromatic nitrogens is 1. The van der Waals surface area contributed by atoms with E-state index in [0.717, 1.165) is 0 Å². The molecular formula is C23H24F3N5O4. The predicted molar refractivity (Wildman–Crippen MR) is 120 cm³/mol. The van der Waals surface area contributed by atoms with Crippen LogP contribution in [0.15, 0.2) is 24.3 Å². The van der Waals surface area contributed by atoms with E-state index in [1.165, 1.54) is 31.3 Å². The van der Waals surface area contributed by atoms with E-state index in [4.69, 9.17) is 0 Å². The number of fused-ring (bicyclic) bond motifs is 1. The van der Waals surface area contributed by atoms with Crippen molar-refractivity contribution in [2.45, 2.75) is 50.6 Å². The topological polar surface area (TPSA) is 121 Å².